The zero-order valence-electron chi connectivity index (χ0n) is 27.4. The van der Waals surface area contributed by atoms with Gasteiger partial charge in [0.05, 0.1) is 24.1 Å². The van der Waals surface area contributed by atoms with Gasteiger partial charge in [-0.1, -0.05) is 136 Å². The van der Waals surface area contributed by atoms with Crippen molar-refractivity contribution in [1.82, 2.24) is 0 Å². The van der Waals surface area contributed by atoms with Crippen LogP contribution in [0.4, 0.5) is 16.2 Å². The van der Waals surface area contributed by atoms with Crippen LogP contribution in [-0.2, 0) is 26.6 Å². The number of rotatable bonds is 9. The van der Waals surface area contributed by atoms with E-state index in [0.717, 1.165) is 22.4 Å². The van der Waals surface area contributed by atoms with Gasteiger partial charge >= 0.3 is 6.09 Å². The molecule has 0 saturated heterocycles. The van der Waals surface area contributed by atoms with E-state index >= 15 is 0 Å². The topological polar surface area (TPSA) is 59.0 Å². The Labute approximate surface area is 280 Å². The molecule has 240 valence electrons. The van der Waals surface area contributed by atoms with Crippen molar-refractivity contribution in [1.29, 1.82) is 0 Å². The zero-order valence-corrected chi connectivity index (χ0v) is 28.5. The Morgan fingerprint density at radius 3 is 1.79 bits per heavy atom. The molecular formula is C41H43NO4Si. The third kappa shape index (κ3) is 7.10. The van der Waals surface area contributed by atoms with Gasteiger partial charge in [0.15, 0.2) is 0 Å². The van der Waals surface area contributed by atoms with Crippen molar-refractivity contribution in [3.8, 4) is 0 Å². The van der Waals surface area contributed by atoms with Gasteiger partial charge in [-0.25, -0.2) is 9.69 Å². The Bertz CT molecular complexity index is 1680. The summed E-state index contributed by atoms with van der Waals surface area (Å²) in [7, 11) is -2.19. The molecule has 5 aromatic carbocycles. The minimum absolute atomic E-state index is 0.0213. The Kier molecular flexibility index (Phi) is 9.73. The zero-order chi connectivity index (χ0) is 32.9. The van der Waals surface area contributed by atoms with E-state index < -0.39 is 26.8 Å². The quantitative estimate of drug-likeness (QED) is 0.170. The van der Waals surface area contributed by atoms with Gasteiger partial charge in [0.25, 0.3) is 0 Å². The summed E-state index contributed by atoms with van der Waals surface area (Å²) < 4.78 is 13.1. The van der Waals surface area contributed by atoms with Crippen molar-refractivity contribution in [2.75, 3.05) is 11.5 Å². The van der Waals surface area contributed by atoms with Gasteiger partial charge in [0, 0.05) is 6.42 Å². The molecule has 2 atom stereocenters. The van der Waals surface area contributed by atoms with Crippen LogP contribution in [0, 0.1) is 0 Å². The molecule has 0 saturated carbocycles. The molecule has 1 amide bonds. The van der Waals surface area contributed by atoms with E-state index in [1.807, 2.05) is 109 Å². The maximum absolute atomic E-state index is 13.7. The predicted octanol–water partition coefficient (Wildman–Crippen LogP) is 7.41. The minimum Gasteiger partial charge on any atom is -0.449 e. The van der Waals surface area contributed by atoms with Gasteiger partial charge in [-0.15, -0.1) is 0 Å². The first kappa shape index (κ1) is 32.4. The Balaban J connectivity index is 1.33. The van der Waals surface area contributed by atoms with Crippen LogP contribution >= 0.6 is 0 Å². The number of carbonyl (C=O) groups is 1. The number of hydrogen-bond donors (Lipinski definition) is 1. The first-order chi connectivity index (χ1) is 22.8. The lowest BCUT2D eigenvalue weighted by Gasteiger charge is -2.44. The van der Waals surface area contributed by atoms with Crippen molar-refractivity contribution in [2.24, 2.45) is 0 Å². The van der Waals surface area contributed by atoms with E-state index in [1.54, 1.807) is 4.90 Å². The monoisotopic (exact) mass is 641 g/mol. The van der Waals surface area contributed by atoms with Crippen LogP contribution in [-0.4, -0.2) is 33.0 Å². The molecule has 47 heavy (non-hydrogen) atoms. The van der Waals surface area contributed by atoms with Crippen molar-refractivity contribution >= 4 is 36.9 Å². The summed E-state index contributed by atoms with van der Waals surface area (Å²) >= 11 is 0. The fraction of sp³-hybridized carbons (Fsp3) is 0.244. The second-order valence-electron chi connectivity index (χ2n) is 13.2. The molecule has 0 fully saturated rings. The third-order valence-electron chi connectivity index (χ3n) is 9.06. The van der Waals surface area contributed by atoms with Crippen LogP contribution in [0.15, 0.2) is 140 Å². The molecule has 1 aliphatic carbocycles. The molecule has 0 spiro atoms. The fourth-order valence-electron chi connectivity index (χ4n) is 6.77. The van der Waals surface area contributed by atoms with Gasteiger partial charge < -0.3 is 14.3 Å². The molecular weight excluding hydrogens is 599 g/mol. The van der Waals surface area contributed by atoms with Crippen molar-refractivity contribution < 1.29 is 19.1 Å². The maximum Gasteiger partial charge on any atom is 0.418 e. The van der Waals surface area contributed by atoms with E-state index in [0.29, 0.717) is 17.8 Å². The van der Waals surface area contributed by atoms with E-state index in [2.05, 4.69) is 51.1 Å². The number of ether oxygens (including phenoxy) is 1. The number of nitrogens with zero attached hydrogens (tertiary/aromatic N) is 1. The van der Waals surface area contributed by atoms with Crippen molar-refractivity contribution in [3.63, 3.8) is 0 Å². The Hall–Kier alpha value is -4.49. The molecule has 0 aliphatic heterocycles. The molecule has 6 rings (SSSR count). The second kappa shape index (κ2) is 14.1. The first-order valence-corrected chi connectivity index (χ1v) is 18.1. The summed E-state index contributed by atoms with van der Waals surface area (Å²) in [5, 5.41) is 15.2. The van der Waals surface area contributed by atoms with Crippen LogP contribution in [0.25, 0.3) is 0 Å². The van der Waals surface area contributed by atoms with Crippen molar-refractivity contribution in [2.45, 2.75) is 57.2 Å². The highest BCUT2D eigenvalue weighted by Gasteiger charge is 2.46. The fourth-order valence-corrected chi connectivity index (χ4v) is 9.30. The lowest BCUT2D eigenvalue weighted by Crippen LogP contribution is -2.54. The first-order valence-electron chi connectivity index (χ1n) is 16.4. The molecule has 1 N–H and O–H groups in total. The van der Waals surface area contributed by atoms with Crippen LogP contribution in [0.1, 0.15) is 50.3 Å². The molecule has 1 aliphatic rings. The number of amides is 1. The van der Waals surface area contributed by atoms with E-state index in [-0.39, 0.29) is 18.4 Å². The predicted molar refractivity (Wildman–Crippen MR) is 193 cm³/mol. The van der Waals surface area contributed by atoms with E-state index in [4.69, 9.17) is 9.16 Å². The van der Waals surface area contributed by atoms with Crippen molar-refractivity contribution in [3.05, 3.63) is 156 Å². The molecule has 5 aromatic rings. The summed E-state index contributed by atoms with van der Waals surface area (Å²) in [5.74, 6) is 0. The molecule has 2 unspecified atom stereocenters. The molecule has 0 radical (unpaired) electrons. The molecule has 5 nitrogen and oxygen atoms in total. The smallest absolute Gasteiger partial charge is 0.418 e. The van der Waals surface area contributed by atoms with Crippen LogP contribution in [0.5, 0.6) is 0 Å². The summed E-state index contributed by atoms with van der Waals surface area (Å²) in [6.07, 6.45) is 0.680. The number of hydrogen-bond acceptors (Lipinski definition) is 4. The second-order valence-corrected chi connectivity index (χ2v) is 15.6. The number of para-hydroxylation sites is 2. The van der Waals surface area contributed by atoms with E-state index in [9.17, 15) is 9.90 Å². The molecule has 0 bridgehead atoms. The SMILES string of the molecule is CC(C)(C)c1cccc2c1CCC(O[SiH](c1ccccc1)c1ccccc1)C2(O)CCOC(=O)N(c1ccccc1)c1ccccc1. The van der Waals surface area contributed by atoms with Gasteiger partial charge in [0.2, 0.25) is 9.04 Å². The molecule has 0 aromatic heterocycles. The number of carbonyl (C=O) groups excluding carboxylic acids is 1. The minimum atomic E-state index is -2.19. The Morgan fingerprint density at radius 2 is 1.28 bits per heavy atom. The van der Waals surface area contributed by atoms with Gasteiger partial charge in [0.1, 0.15) is 5.60 Å². The van der Waals surface area contributed by atoms with Gasteiger partial charge in [-0.2, -0.15) is 0 Å². The number of aliphatic hydroxyl groups is 1. The summed E-state index contributed by atoms with van der Waals surface area (Å²) in [4.78, 5) is 15.3. The normalized spacial score (nSPS) is 17.6. The lowest BCUT2D eigenvalue weighted by atomic mass is 9.70. The number of benzene rings is 5. The largest absolute Gasteiger partial charge is 0.449 e. The highest BCUT2D eigenvalue weighted by molar-refractivity contribution is 6.80. The standard InChI is InChI=1S/C41H43NO4Si/c1-40(2,3)36-25-16-26-37-35(36)27-28-38(46-47(33-21-12-6-13-22-33)34-23-14-7-15-24-34)41(37,44)29-30-45-39(43)42(31-17-8-4-9-18-31)32-19-10-5-11-20-32/h4-26,38,44,47H,27-30H2,1-3H3. The summed E-state index contributed by atoms with van der Waals surface area (Å²) in [5.41, 5.74) is 3.22. The average molecular weight is 642 g/mol. The van der Waals surface area contributed by atoms with Gasteiger partial charge in [-0.05, 0) is 69.6 Å². The summed E-state index contributed by atoms with van der Waals surface area (Å²) in [6, 6.07) is 45.9. The maximum atomic E-state index is 13.7. The van der Waals surface area contributed by atoms with Gasteiger partial charge in [-0.3, -0.25) is 0 Å². The highest BCUT2D eigenvalue weighted by atomic mass is 28.3. The molecule has 6 heteroatoms. The molecule has 0 heterocycles. The lowest BCUT2D eigenvalue weighted by molar-refractivity contribution is -0.0912. The summed E-state index contributed by atoms with van der Waals surface area (Å²) in [6.45, 7) is 6.65. The third-order valence-corrected chi connectivity index (χ3v) is 11.6. The number of anilines is 2. The van der Waals surface area contributed by atoms with Crippen LogP contribution < -0.4 is 15.3 Å². The Morgan fingerprint density at radius 1 is 0.766 bits per heavy atom. The van der Waals surface area contributed by atoms with Crippen LogP contribution in [0.3, 0.4) is 0 Å². The number of fused-ring (bicyclic) bond motifs is 1. The van der Waals surface area contributed by atoms with Crippen LogP contribution in [0.2, 0.25) is 0 Å². The highest BCUT2D eigenvalue weighted by Crippen LogP contribution is 2.43. The van der Waals surface area contributed by atoms with E-state index in [1.165, 1.54) is 11.1 Å². The average Bonchev–Trinajstić information content (AvgIpc) is 3.09.